The number of likely N-dealkylation sites (N-methyl/N-ethyl adjacent to an activating group) is 1. The van der Waals surface area contributed by atoms with Crippen molar-refractivity contribution in [3.05, 3.63) is 41.2 Å². The van der Waals surface area contributed by atoms with Gasteiger partial charge in [-0.05, 0) is 46.0 Å². The molecule has 0 aliphatic carbocycles. The lowest BCUT2D eigenvalue weighted by Crippen LogP contribution is -2.28. The van der Waals surface area contributed by atoms with E-state index >= 15 is 0 Å². The van der Waals surface area contributed by atoms with Gasteiger partial charge in [0, 0.05) is 25.3 Å². The van der Waals surface area contributed by atoms with Crippen LogP contribution >= 0.6 is 0 Å². The first kappa shape index (κ1) is 20.1. The third-order valence-corrected chi connectivity index (χ3v) is 5.32. The number of amides is 1. The minimum absolute atomic E-state index is 0.158. The third kappa shape index (κ3) is 3.80. The monoisotopic (exact) mass is 382 g/mol. The van der Waals surface area contributed by atoms with E-state index in [1.165, 1.54) is 0 Å². The lowest BCUT2D eigenvalue weighted by atomic mass is 10.2. The molecule has 1 aromatic carbocycles. The fraction of sp³-hybridized carbons (Fsp3) is 0.476. The zero-order chi connectivity index (χ0) is 20.3. The van der Waals surface area contributed by atoms with Crippen LogP contribution in [0.2, 0.25) is 0 Å². The number of aromatic nitrogens is 4. The van der Waals surface area contributed by atoms with Crippen LogP contribution in [0.25, 0.3) is 11.0 Å². The Kier molecular flexibility index (Phi) is 6.14. The van der Waals surface area contributed by atoms with Gasteiger partial charge < -0.3 is 9.47 Å². The molecule has 7 nitrogen and oxygen atoms in total. The van der Waals surface area contributed by atoms with E-state index in [1.54, 1.807) is 0 Å². The number of para-hydroxylation sites is 2. The summed E-state index contributed by atoms with van der Waals surface area (Å²) in [6.45, 7) is 14.6. The Morgan fingerprint density at radius 3 is 2.50 bits per heavy atom. The maximum absolute atomic E-state index is 13.0. The highest BCUT2D eigenvalue weighted by molar-refractivity contribution is 6.05. The molecule has 3 aromatic rings. The standard InChI is InChI=1S/C21H30N6O/c1-6-25(7-2)13-14-26-18-12-10-9-11-17(18)22-21(26)23-20(28)19-15(4)24-27(8-3)16(19)5/h9-12H,6-8,13-14H2,1-5H3,(H,22,23,28). The van der Waals surface area contributed by atoms with Crippen molar-refractivity contribution in [2.45, 2.75) is 47.7 Å². The molecule has 0 saturated carbocycles. The summed E-state index contributed by atoms with van der Waals surface area (Å²) in [5.41, 5.74) is 4.16. The largest absolute Gasteiger partial charge is 0.309 e. The zero-order valence-corrected chi connectivity index (χ0v) is 17.5. The van der Waals surface area contributed by atoms with Crippen molar-refractivity contribution in [3.63, 3.8) is 0 Å². The summed E-state index contributed by atoms with van der Waals surface area (Å²) < 4.78 is 3.95. The van der Waals surface area contributed by atoms with Gasteiger partial charge in [0.15, 0.2) is 0 Å². The molecule has 0 spiro atoms. The highest BCUT2D eigenvalue weighted by Crippen LogP contribution is 2.21. The van der Waals surface area contributed by atoms with Crippen molar-refractivity contribution in [2.75, 3.05) is 25.0 Å². The van der Waals surface area contributed by atoms with Gasteiger partial charge in [-0.3, -0.25) is 14.8 Å². The molecule has 0 bridgehead atoms. The molecule has 2 aromatic heterocycles. The maximum atomic E-state index is 13.0. The van der Waals surface area contributed by atoms with E-state index in [0.717, 1.165) is 55.1 Å². The predicted molar refractivity (Wildman–Crippen MR) is 113 cm³/mol. The van der Waals surface area contributed by atoms with E-state index < -0.39 is 0 Å². The van der Waals surface area contributed by atoms with Crippen LogP contribution in [0.15, 0.2) is 24.3 Å². The predicted octanol–water partition coefficient (Wildman–Crippen LogP) is 3.46. The average Bonchev–Trinajstić information content (AvgIpc) is 3.18. The second-order valence-corrected chi connectivity index (χ2v) is 6.92. The molecule has 150 valence electrons. The summed E-state index contributed by atoms with van der Waals surface area (Å²) in [7, 11) is 0. The molecule has 0 atom stereocenters. The number of aryl methyl sites for hydroxylation is 2. The van der Waals surface area contributed by atoms with Crippen LogP contribution in [0, 0.1) is 13.8 Å². The summed E-state index contributed by atoms with van der Waals surface area (Å²) in [6.07, 6.45) is 0. The number of nitrogens with zero attached hydrogens (tertiary/aromatic N) is 5. The van der Waals surface area contributed by atoms with E-state index in [-0.39, 0.29) is 5.91 Å². The molecular formula is C21H30N6O. The lowest BCUT2D eigenvalue weighted by molar-refractivity contribution is 0.102. The highest BCUT2D eigenvalue weighted by atomic mass is 16.1. The van der Waals surface area contributed by atoms with Gasteiger partial charge in [-0.25, -0.2) is 4.98 Å². The number of anilines is 1. The van der Waals surface area contributed by atoms with Crippen molar-refractivity contribution in [1.82, 2.24) is 24.2 Å². The minimum Gasteiger partial charge on any atom is -0.309 e. The molecule has 3 rings (SSSR count). The second kappa shape index (κ2) is 8.56. The normalized spacial score (nSPS) is 11.5. The van der Waals surface area contributed by atoms with E-state index in [2.05, 4.69) is 38.7 Å². The average molecular weight is 383 g/mol. The quantitative estimate of drug-likeness (QED) is 0.648. The SMILES string of the molecule is CCN(CC)CCn1c(NC(=O)c2c(C)nn(CC)c2C)nc2ccccc21. The Balaban J connectivity index is 1.93. The number of rotatable bonds is 8. The number of carbonyl (C=O) groups is 1. The first-order valence-electron chi connectivity index (χ1n) is 10.0. The van der Waals surface area contributed by atoms with Gasteiger partial charge in [0.25, 0.3) is 5.91 Å². The van der Waals surface area contributed by atoms with Gasteiger partial charge in [-0.15, -0.1) is 0 Å². The molecule has 0 fully saturated rings. The van der Waals surface area contributed by atoms with Crippen molar-refractivity contribution in [2.24, 2.45) is 0 Å². The Labute approximate surface area is 166 Å². The Morgan fingerprint density at radius 2 is 1.86 bits per heavy atom. The summed E-state index contributed by atoms with van der Waals surface area (Å²) >= 11 is 0. The number of carbonyl (C=O) groups excluding carboxylic acids is 1. The molecule has 2 heterocycles. The molecular weight excluding hydrogens is 352 g/mol. The summed E-state index contributed by atoms with van der Waals surface area (Å²) in [5.74, 6) is 0.426. The third-order valence-electron chi connectivity index (χ3n) is 5.32. The van der Waals surface area contributed by atoms with Crippen LogP contribution in [0.4, 0.5) is 5.95 Å². The van der Waals surface area contributed by atoms with Crippen LogP contribution in [-0.2, 0) is 13.1 Å². The Bertz CT molecular complexity index is 967. The first-order chi connectivity index (χ1) is 13.5. The van der Waals surface area contributed by atoms with Crippen molar-refractivity contribution < 1.29 is 4.79 Å². The number of fused-ring (bicyclic) bond motifs is 1. The van der Waals surface area contributed by atoms with E-state index in [9.17, 15) is 4.79 Å². The molecule has 28 heavy (non-hydrogen) atoms. The topological polar surface area (TPSA) is 68.0 Å². The van der Waals surface area contributed by atoms with Gasteiger partial charge >= 0.3 is 0 Å². The van der Waals surface area contributed by atoms with Gasteiger partial charge in [-0.1, -0.05) is 26.0 Å². The van der Waals surface area contributed by atoms with Crippen LogP contribution in [0.5, 0.6) is 0 Å². The number of benzene rings is 1. The fourth-order valence-electron chi connectivity index (χ4n) is 3.68. The van der Waals surface area contributed by atoms with Gasteiger partial charge in [0.05, 0.1) is 22.3 Å². The van der Waals surface area contributed by atoms with Gasteiger partial charge in [0.1, 0.15) is 0 Å². The Hall–Kier alpha value is -2.67. The van der Waals surface area contributed by atoms with Crippen molar-refractivity contribution in [1.29, 1.82) is 0 Å². The molecule has 0 saturated heterocycles. The molecule has 0 radical (unpaired) electrons. The Morgan fingerprint density at radius 1 is 1.14 bits per heavy atom. The molecule has 0 unspecified atom stereocenters. The smallest absolute Gasteiger partial charge is 0.261 e. The minimum atomic E-state index is -0.158. The number of hydrogen-bond donors (Lipinski definition) is 1. The van der Waals surface area contributed by atoms with E-state index in [1.807, 2.05) is 49.7 Å². The van der Waals surface area contributed by atoms with Crippen LogP contribution < -0.4 is 5.32 Å². The first-order valence-corrected chi connectivity index (χ1v) is 10.0. The molecule has 0 aliphatic rings. The maximum Gasteiger partial charge on any atom is 0.261 e. The molecule has 1 N–H and O–H groups in total. The molecule has 7 heteroatoms. The zero-order valence-electron chi connectivity index (χ0n) is 17.5. The van der Waals surface area contributed by atoms with Gasteiger partial charge in [-0.2, -0.15) is 5.10 Å². The summed E-state index contributed by atoms with van der Waals surface area (Å²) in [6, 6.07) is 7.99. The summed E-state index contributed by atoms with van der Waals surface area (Å²) in [5, 5.41) is 7.50. The van der Waals surface area contributed by atoms with Crippen LogP contribution in [-0.4, -0.2) is 49.8 Å². The van der Waals surface area contributed by atoms with Crippen molar-refractivity contribution in [3.8, 4) is 0 Å². The number of imidazole rings is 1. The number of nitrogens with one attached hydrogen (secondary N) is 1. The van der Waals surface area contributed by atoms with E-state index in [4.69, 9.17) is 0 Å². The molecule has 0 aliphatic heterocycles. The molecule has 1 amide bonds. The van der Waals surface area contributed by atoms with Crippen LogP contribution in [0.1, 0.15) is 42.5 Å². The fourth-order valence-corrected chi connectivity index (χ4v) is 3.68. The highest BCUT2D eigenvalue weighted by Gasteiger charge is 2.21. The second-order valence-electron chi connectivity index (χ2n) is 6.92. The van der Waals surface area contributed by atoms with Crippen molar-refractivity contribution >= 4 is 22.9 Å². The van der Waals surface area contributed by atoms with Crippen LogP contribution in [0.3, 0.4) is 0 Å². The summed E-state index contributed by atoms with van der Waals surface area (Å²) in [4.78, 5) is 20.1. The number of hydrogen-bond acceptors (Lipinski definition) is 4. The van der Waals surface area contributed by atoms with Gasteiger partial charge in [0.2, 0.25) is 5.95 Å². The van der Waals surface area contributed by atoms with E-state index in [0.29, 0.717) is 11.5 Å². The lowest BCUT2D eigenvalue weighted by Gasteiger charge is -2.19.